The number of hydrogen-bond donors (Lipinski definition) is 1. The zero-order valence-corrected chi connectivity index (χ0v) is 12.2. The van der Waals surface area contributed by atoms with Crippen molar-refractivity contribution < 1.29 is 9.47 Å². The summed E-state index contributed by atoms with van der Waals surface area (Å²) in [5.74, 6) is 0.866. The fraction of sp³-hybridized carbons (Fsp3) is 0.308. The lowest BCUT2D eigenvalue weighted by atomic mass is 10.2. The van der Waals surface area contributed by atoms with Crippen LogP contribution in [0.15, 0.2) is 18.2 Å². The Kier molecular flexibility index (Phi) is 4.57. The van der Waals surface area contributed by atoms with Crippen molar-refractivity contribution in [1.82, 2.24) is 15.0 Å². The van der Waals surface area contributed by atoms with E-state index in [2.05, 4.69) is 20.3 Å². The highest BCUT2D eigenvalue weighted by Gasteiger charge is 2.10. The average molecular weight is 295 g/mol. The van der Waals surface area contributed by atoms with Gasteiger partial charge in [-0.05, 0) is 31.5 Å². The van der Waals surface area contributed by atoms with E-state index in [9.17, 15) is 0 Å². The number of ether oxygens (including phenoxy) is 2. The molecule has 20 heavy (non-hydrogen) atoms. The number of hydrogen-bond acceptors (Lipinski definition) is 6. The molecule has 0 radical (unpaired) electrons. The minimum Gasteiger partial charge on any atom is -0.467 e. The first kappa shape index (κ1) is 14.3. The molecule has 0 spiro atoms. The molecule has 6 nitrogen and oxygen atoms in total. The first-order valence-corrected chi connectivity index (χ1v) is 6.48. The number of nitrogens with zero attached hydrogens (tertiary/aromatic N) is 3. The fourth-order valence-corrected chi connectivity index (χ4v) is 1.77. The maximum Gasteiger partial charge on any atom is 0.330 e. The van der Waals surface area contributed by atoms with Gasteiger partial charge in [-0.3, -0.25) is 0 Å². The van der Waals surface area contributed by atoms with Gasteiger partial charge in [-0.2, -0.15) is 9.97 Å². The van der Waals surface area contributed by atoms with Crippen LogP contribution in [0.25, 0.3) is 0 Å². The third kappa shape index (κ3) is 3.48. The summed E-state index contributed by atoms with van der Waals surface area (Å²) in [5.41, 5.74) is 1.05. The van der Waals surface area contributed by atoms with Crippen LogP contribution < -0.4 is 14.8 Å². The summed E-state index contributed by atoms with van der Waals surface area (Å²) in [6.45, 7) is 4.57. The van der Waals surface area contributed by atoms with Gasteiger partial charge in [0.25, 0.3) is 0 Å². The highest BCUT2D eigenvalue weighted by Crippen LogP contribution is 2.29. The largest absolute Gasteiger partial charge is 0.467 e. The van der Waals surface area contributed by atoms with Gasteiger partial charge in [0, 0.05) is 6.54 Å². The standard InChI is InChI=1S/C13H15ClN4O2/c1-4-15-11-16-12(19-3)18-13(17-11)20-10-6-5-8(2)7-9(10)14/h5-7H,4H2,1-3H3,(H,15,16,17,18). The number of benzene rings is 1. The lowest BCUT2D eigenvalue weighted by Crippen LogP contribution is -2.06. The first-order chi connectivity index (χ1) is 9.62. The van der Waals surface area contributed by atoms with E-state index in [1.807, 2.05) is 19.9 Å². The molecule has 1 N–H and O–H groups in total. The molecule has 106 valence electrons. The number of anilines is 1. The molecule has 0 saturated carbocycles. The van der Waals surface area contributed by atoms with Gasteiger partial charge in [-0.1, -0.05) is 17.7 Å². The third-order valence-corrected chi connectivity index (χ3v) is 2.70. The van der Waals surface area contributed by atoms with Crippen LogP contribution in [0.5, 0.6) is 17.8 Å². The van der Waals surface area contributed by atoms with Gasteiger partial charge in [0.15, 0.2) is 0 Å². The van der Waals surface area contributed by atoms with Crippen molar-refractivity contribution in [1.29, 1.82) is 0 Å². The van der Waals surface area contributed by atoms with Crippen molar-refractivity contribution in [2.45, 2.75) is 13.8 Å². The molecular formula is C13H15ClN4O2. The molecule has 0 aliphatic heterocycles. The molecule has 0 atom stereocenters. The average Bonchev–Trinajstić information content (AvgIpc) is 2.42. The number of halogens is 1. The minimum absolute atomic E-state index is 0.124. The highest BCUT2D eigenvalue weighted by molar-refractivity contribution is 6.32. The highest BCUT2D eigenvalue weighted by atomic mass is 35.5. The predicted molar refractivity (Wildman–Crippen MR) is 76.8 cm³/mol. The normalized spacial score (nSPS) is 10.2. The summed E-state index contributed by atoms with van der Waals surface area (Å²) >= 11 is 6.11. The van der Waals surface area contributed by atoms with Crippen LogP contribution >= 0.6 is 11.6 Å². The zero-order valence-electron chi connectivity index (χ0n) is 11.5. The topological polar surface area (TPSA) is 69.2 Å². The quantitative estimate of drug-likeness (QED) is 0.914. The third-order valence-electron chi connectivity index (χ3n) is 2.40. The van der Waals surface area contributed by atoms with Crippen molar-refractivity contribution in [2.24, 2.45) is 0 Å². The molecule has 1 aromatic carbocycles. The summed E-state index contributed by atoms with van der Waals surface area (Å²) in [4.78, 5) is 12.2. The van der Waals surface area contributed by atoms with Crippen LogP contribution in [0, 0.1) is 6.92 Å². The summed E-state index contributed by atoms with van der Waals surface area (Å²) < 4.78 is 10.6. The molecule has 7 heteroatoms. The lowest BCUT2D eigenvalue weighted by Gasteiger charge is -2.09. The predicted octanol–water partition coefficient (Wildman–Crippen LogP) is 3.07. The van der Waals surface area contributed by atoms with Gasteiger partial charge in [0.2, 0.25) is 5.95 Å². The van der Waals surface area contributed by atoms with E-state index >= 15 is 0 Å². The number of aryl methyl sites for hydroxylation is 1. The van der Waals surface area contributed by atoms with Crippen molar-refractivity contribution in [3.05, 3.63) is 28.8 Å². The Bertz CT molecular complexity index is 607. The van der Waals surface area contributed by atoms with Gasteiger partial charge in [0.05, 0.1) is 12.1 Å². The van der Waals surface area contributed by atoms with Gasteiger partial charge < -0.3 is 14.8 Å². The van der Waals surface area contributed by atoms with E-state index in [1.165, 1.54) is 7.11 Å². The van der Waals surface area contributed by atoms with Crippen molar-refractivity contribution in [2.75, 3.05) is 19.0 Å². The van der Waals surface area contributed by atoms with Gasteiger partial charge in [0.1, 0.15) is 5.75 Å². The minimum atomic E-state index is 0.124. The van der Waals surface area contributed by atoms with Crippen LogP contribution in [0.1, 0.15) is 12.5 Å². The summed E-state index contributed by atoms with van der Waals surface area (Å²) in [7, 11) is 1.48. The molecule has 0 bridgehead atoms. The van der Waals surface area contributed by atoms with E-state index in [4.69, 9.17) is 21.1 Å². The van der Waals surface area contributed by atoms with Crippen LogP contribution in [0.4, 0.5) is 5.95 Å². The molecule has 0 aliphatic carbocycles. The molecule has 0 unspecified atom stereocenters. The molecule has 1 aromatic heterocycles. The maximum atomic E-state index is 6.11. The van der Waals surface area contributed by atoms with Gasteiger partial charge >= 0.3 is 12.0 Å². The SMILES string of the molecule is CCNc1nc(OC)nc(Oc2ccc(C)cc2Cl)n1. The van der Waals surface area contributed by atoms with E-state index < -0.39 is 0 Å². The lowest BCUT2D eigenvalue weighted by molar-refractivity contribution is 0.360. The van der Waals surface area contributed by atoms with Crippen molar-refractivity contribution in [3.8, 4) is 17.8 Å². The van der Waals surface area contributed by atoms with E-state index in [1.54, 1.807) is 12.1 Å². The number of methoxy groups -OCH3 is 1. The zero-order chi connectivity index (χ0) is 14.5. The number of rotatable bonds is 5. The Morgan fingerprint density at radius 1 is 1.20 bits per heavy atom. The second-order valence-corrected chi connectivity index (χ2v) is 4.40. The van der Waals surface area contributed by atoms with E-state index in [0.717, 1.165) is 5.56 Å². The van der Waals surface area contributed by atoms with Gasteiger partial charge in [-0.25, -0.2) is 0 Å². The fourth-order valence-electron chi connectivity index (χ4n) is 1.50. The smallest absolute Gasteiger partial charge is 0.330 e. The maximum absolute atomic E-state index is 6.11. The van der Waals surface area contributed by atoms with Crippen LogP contribution in [-0.2, 0) is 0 Å². The van der Waals surface area contributed by atoms with Crippen LogP contribution in [0.3, 0.4) is 0 Å². The number of nitrogens with one attached hydrogen (secondary N) is 1. The van der Waals surface area contributed by atoms with E-state index in [0.29, 0.717) is 23.3 Å². The Labute approximate surface area is 122 Å². The monoisotopic (exact) mass is 294 g/mol. The molecule has 2 aromatic rings. The second-order valence-electron chi connectivity index (χ2n) is 3.99. The molecule has 2 rings (SSSR count). The van der Waals surface area contributed by atoms with Crippen molar-refractivity contribution >= 4 is 17.5 Å². The Morgan fingerprint density at radius 2 is 1.95 bits per heavy atom. The summed E-state index contributed by atoms with van der Waals surface area (Å²) in [5, 5.41) is 3.47. The number of aromatic nitrogens is 3. The van der Waals surface area contributed by atoms with E-state index in [-0.39, 0.29) is 12.0 Å². The Balaban J connectivity index is 2.29. The molecule has 0 aliphatic rings. The Morgan fingerprint density at radius 3 is 2.60 bits per heavy atom. The van der Waals surface area contributed by atoms with Crippen LogP contribution in [-0.4, -0.2) is 28.6 Å². The molecule has 1 heterocycles. The molecule has 0 fully saturated rings. The summed E-state index contributed by atoms with van der Waals surface area (Å²) in [6, 6.07) is 5.76. The first-order valence-electron chi connectivity index (χ1n) is 6.10. The van der Waals surface area contributed by atoms with Gasteiger partial charge in [-0.15, -0.1) is 4.98 Å². The molecular weight excluding hydrogens is 280 g/mol. The Hall–Kier alpha value is -2.08. The van der Waals surface area contributed by atoms with Crippen LogP contribution in [0.2, 0.25) is 5.02 Å². The molecule has 0 amide bonds. The van der Waals surface area contributed by atoms with Crippen molar-refractivity contribution in [3.63, 3.8) is 0 Å². The summed E-state index contributed by atoms with van der Waals surface area (Å²) in [6.07, 6.45) is 0. The second kappa shape index (κ2) is 6.38. The molecule has 0 saturated heterocycles.